The third-order valence-electron chi connectivity index (χ3n) is 2.06. The maximum atomic E-state index is 8.84. The van der Waals surface area contributed by atoms with Crippen LogP contribution in [-0.2, 0) is 0 Å². The van der Waals surface area contributed by atoms with Gasteiger partial charge in [0, 0.05) is 13.1 Å². The monoisotopic (exact) mass is 214 g/mol. The Morgan fingerprint density at radius 1 is 1.38 bits per heavy atom. The third-order valence-corrected chi connectivity index (χ3v) is 2.06. The molecular formula is C11H10N4O. The zero-order valence-corrected chi connectivity index (χ0v) is 8.98. The first-order valence-corrected chi connectivity index (χ1v) is 4.76. The highest BCUT2D eigenvalue weighted by Gasteiger charge is 2.08. The fraction of sp³-hybridized carbons (Fsp3) is 0.182. The lowest BCUT2D eigenvalue weighted by Gasteiger charge is -2.01. The van der Waals surface area contributed by atoms with E-state index in [-0.39, 0.29) is 0 Å². The molecule has 0 fully saturated rings. The summed E-state index contributed by atoms with van der Waals surface area (Å²) in [6.07, 6.45) is 0. The van der Waals surface area contributed by atoms with Crippen LogP contribution in [0.4, 0.5) is 5.95 Å². The average molecular weight is 214 g/mol. The van der Waals surface area contributed by atoms with Crippen LogP contribution in [-0.4, -0.2) is 17.0 Å². The van der Waals surface area contributed by atoms with Gasteiger partial charge >= 0.3 is 0 Å². The van der Waals surface area contributed by atoms with Gasteiger partial charge in [0.15, 0.2) is 5.76 Å². The highest BCUT2D eigenvalue weighted by Crippen LogP contribution is 2.21. The van der Waals surface area contributed by atoms with Gasteiger partial charge in [-0.2, -0.15) is 5.26 Å². The number of nitriles is 1. The van der Waals surface area contributed by atoms with Crippen LogP contribution >= 0.6 is 0 Å². The number of hydrogen-bond acceptors (Lipinski definition) is 5. The summed E-state index contributed by atoms with van der Waals surface area (Å²) in [5, 5.41) is 11.6. The first-order chi connectivity index (χ1) is 7.72. The second kappa shape index (κ2) is 4.03. The van der Waals surface area contributed by atoms with Crippen LogP contribution in [0.3, 0.4) is 0 Å². The Labute approximate surface area is 92.8 Å². The predicted molar refractivity (Wildman–Crippen MR) is 58.7 cm³/mol. The highest BCUT2D eigenvalue weighted by atomic mass is 16.3. The fourth-order valence-electron chi connectivity index (χ4n) is 1.31. The van der Waals surface area contributed by atoms with E-state index in [1.807, 2.05) is 25.1 Å². The first kappa shape index (κ1) is 10.2. The Hall–Kier alpha value is -2.35. The number of aromatic nitrogens is 2. The predicted octanol–water partition coefficient (Wildman–Crippen LogP) is 1.96. The maximum Gasteiger partial charge on any atom is 0.224 e. The van der Waals surface area contributed by atoms with Crippen molar-refractivity contribution < 1.29 is 4.42 Å². The SMILES string of the molecule is CNc1nc(C#N)cc(-c2ccc(C)o2)n1. The zero-order chi connectivity index (χ0) is 11.5. The first-order valence-electron chi connectivity index (χ1n) is 4.76. The van der Waals surface area contributed by atoms with Crippen molar-refractivity contribution in [2.45, 2.75) is 6.92 Å². The largest absolute Gasteiger partial charge is 0.460 e. The van der Waals surface area contributed by atoms with Crippen LogP contribution in [0.15, 0.2) is 22.6 Å². The molecule has 0 amide bonds. The molecule has 0 saturated heterocycles. The summed E-state index contributed by atoms with van der Waals surface area (Å²) < 4.78 is 5.44. The quantitative estimate of drug-likeness (QED) is 0.827. The lowest BCUT2D eigenvalue weighted by molar-refractivity contribution is 0.546. The normalized spacial score (nSPS) is 9.81. The van der Waals surface area contributed by atoms with Gasteiger partial charge in [0.25, 0.3) is 0 Å². The highest BCUT2D eigenvalue weighted by molar-refractivity contribution is 5.56. The summed E-state index contributed by atoms with van der Waals surface area (Å²) in [5.41, 5.74) is 0.910. The molecule has 80 valence electrons. The molecule has 0 aliphatic heterocycles. The molecule has 0 aliphatic carbocycles. The second-order valence-corrected chi connectivity index (χ2v) is 3.23. The van der Waals surface area contributed by atoms with Crippen molar-refractivity contribution in [1.82, 2.24) is 9.97 Å². The number of furan rings is 1. The Morgan fingerprint density at radius 3 is 2.75 bits per heavy atom. The summed E-state index contributed by atoms with van der Waals surface area (Å²) in [6.45, 7) is 1.86. The van der Waals surface area contributed by atoms with E-state index < -0.39 is 0 Å². The molecule has 2 heterocycles. The summed E-state index contributed by atoms with van der Waals surface area (Å²) in [7, 11) is 1.70. The van der Waals surface area contributed by atoms with Crippen LogP contribution in [0.2, 0.25) is 0 Å². The number of hydrogen-bond donors (Lipinski definition) is 1. The lowest BCUT2D eigenvalue weighted by atomic mass is 10.3. The molecule has 2 aromatic heterocycles. The van der Waals surface area contributed by atoms with E-state index in [0.29, 0.717) is 23.1 Å². The van der Waals surface area contributed by atoms with E-state index >= 15 is 0 Å². The fourth-order valence-corrected chi connectivity index (χ4v) is 1.31. The van der Waals surface area contributed by atoms with E-state index in [1.54, 1.807) is 13.1 Å². The van der Waals surface area contributed by atoms with E-state index in [9.17, 15) is 0 Å². The Kier molecular flexibility index (Phi) is 2.56. The van der Waals surface area contributed by atoms with Gasteiger partial charge in [-0.25, -0.2) is 9.97 Å². The molecule has 0 radical (unpaired) electrons. The number of nitrogens with one attached hydrogen (secondary N) is 1. The topological polar surface area (TPSA) is 74.7 Å². The van der Waals surface area contributed by atoms with Gasteiger partial charge < -0.3 is 9.73 Å². The molecule has 0 aromatic carbocycles. The minimum absolute atomic E-state index is 0.309. The van der Waals surface area contributed by atoms with E-state index in [2.05, 4.69) is 15.3 Å². The standard InChI is InChI=1S/C11H10N4O/c1-7-3-4-10(16-7)9-5-8(6-12)14-11(13-2)15-9/h3-5H,1-2H3,(H,13,14,15). The van der Waals surface area contributed by atoms with Crippen LogP contribution in [0.25, 0.3) is 11.5 Å². The lowest BCUT2D eigenvalue weighted by Crippen LogP contribution is -1.99. The maximum absolute atomic E-state index is 8.84. The molecule has 16 heavy (non-hydrogen) atoms. The van der Waals surface area contributed by atoms with Gasteiger partial charge in [-0.05, 0) is 19.1 Å². The van der Waals surface area contributed by atoms with E-state index in [4.69, 9.17) is 9.68 Å². The van der Waals surface area contributed by atoms with Crippen molar-refractivity contribution in [3.8, 4) is 17.5 Å². The van der Waals surface area contributed by atoms with Crippen molar-refractivity contribution in [3.63, 3.8) is 0 Å². The summed E-state index contributed by atoms with van der Waals surface area (Å²) >= 11 is 0. The van der Waals surface area contributed by atoms with Crippen LogP contribution in [0, 0.1) is 18.3 Å². The minimum Gasteiger partial charge on any atom is -0.460 e. The van der Waals surface area contributed by atoms with Gasteiger partial charge in [0.1, 0.15) is 23.2 Å². The molecular weight excluding hydrogens is 204 g/mol. The van der Waals surface area contributed by atoms with Crippen molar-refractivity contribution in [2.24, 2.45) is 0 Å². The van der Waals surface area contributed by atoms with Gasteiger partial charge in [0.05, 0.1) is 0 Å². The summed E-state index contributed by atoms with van der Waals surface area (Å²) in [6, 6.07) is 7.25. The van der Waals surface area contributed by atoms with E-state index in [1.165, 1.54) is 0 Å². The van der Waals surface area contributed by atoms with Gasteiger partial charge in [-0.1, -0.05) is 0 Å². The smallest absolute Gasteiger partial charge is 0.224 e. The molecule has 0 spiro atoms. The Morgan fingerprint density at radius 2 is 2.19 bits per heavy atom. The molecule has 5 heteroatoms. The number of anilines is 1. The molecule has 2 rings (SSSR count). The average Bonchev–Trinajstić information content (AvgIpc) is 2.75. The molecule has 1 N–H and O–H groups in total. The second-order valence-electron chi connectivity index (χ2n) is 3.23. The third kappa shape index (κ3) is 1.86. The Bertz CT molecular complexity index is 553. The van der Waals surface area contributed by atoms with Gasteiger partial charge in [0.2, 0.25) is 5.95 Å². The summed E-state index contributed by atoms with van der Waals surface area (Å²) in [4.78, 5) is 8.19. The molecule has 0 bridgehead atoms. The van der Waals surface area contributed by atoms with E-state index in [0.717, 1.165) is 5.76 Å². The molecule has 5 nitrogen and oxygen atoms in total. The van der Waals surface area contributed by atoms with Crippen LogP contribution in [0.5, 0.6) is 0 Å². The van der Waals surface area contributed by atoms with Crippen molar-refractivity contribution in [3.05, 3.63) is 29.7 Å². The summed E-state index contributed by atoms with van der Waals surface area (Å²) in [5.74, 6) is 1.84. The van der Waals surface area contributed by atoms with Crippen molar-refractivity contribution in [2.75, 3.05) is 12.4 Å². The van der Waals surface area contributed by atoms with Crippen LogP contribution in [0.1, 0.15) is 11.5 Å². The minimum atomic E-state index is 0.309. The molecule has 0 saturated carbocycles. The molecule has 2 aromatic rings. The Balaban J connectivity index is 2.52. The van der Waals surface area contributed by atoms with Crippen molar-refractivity contribution >= 4 is 5.95 Å². The van der Waals surface area contributed by atoms with Gasteiger partial charge in [-0.15, -0.1) is 0 Å². The van der Waals surface area contributed by atoms with Crippen molar-refractivity contribution in [1.29, 1.82) is 5.26 Å². The zero-order valence-electron chi connectivity index (χ0n) is 8.98. The number of nitrogens with zero attached hydrogens (tertiary/aromatic N) is 3. The number of rotatable bonds is 2. The van der Waals surface area contributed by atoms with Gasteiger partial charge in [-0.3, -0.25) is 0 Å². The molecule has 0 aliphatic rings. The van der Waals surface area contributed by atoms with Crippen LogP contribution < -0.4 is 5.32 Å². The molecule has 0 unspecified atom stereocenters. The number of aryl methyl sites for hydroxylation is 1. The molecule has 0 atom stereocenters.